The summed E-state index contributed by atoms with van der Waals surface area (Å²) in [6, 6.07) is 9.00. The number of nitrogens with one attached hydrogen (secondary N) is 2. The van der Waals surface area contributed by atoms with Crippen LogP contribution in [-0.4, -0.2) is 28.3 Å². The van der Waals surface area contributed by atoms with E-state index in [4.69, 9.17) is 16.3 Å². The van der Waals surface area contributed by atoms with Gasteiger partial charge in [-0.05, 0) is 31.2 Å². The van der Waals surface area contributed by atoms with E-state index in [1.54, 1.807) is 31.2 Å². The lowest BCUT2D eigenvalue weighted by Crippen LogP contribution is -2.36. The smallest absolute Gasteiger partial charge is 0.261 e. The van der Waals surface area contributed by atoms with Gasteiger partial charge in [0, 0.05) is 18.1 Å². The Balaban J connectivity index is 1.53. The van der Waals surface area contributed by atoms with Crippen LogP contribution < -0.4 is 15.4 Å². The molecule has 2 aromatic rings. The van der Waals surface area contributed by atoms with E-state index in [0.29, 0.717) is 17.3 Å². The zero-order chi connectivity index (χ0) is 16.2. The molecule has 0 saturated carbocycles. The normalized spacial score (nSPS) is 14.9. The fourth-order valence-electron chi connectivity index (χ4n) is 2.46. The molecule has 23 heavy (non-hydrogen) atoms. The molecule has 0 bridgehead atoms. The van der Waals surface area contributed by atoms with Gasteiger partial charge in [0.15, 0.2) is 6.10 Å². The summed E-state index contributed by atoms with van der Waals surface area (Å²) >= 11 is 5.90. The molecule has 1 amide bonds. The van der Waals surface area contributed by atoms with Crippen molar-refractivity contribution < 1.29 is 9.53 Å². The number of hydrogen-bond donors (Lipinski definition) is 2. The second kappa shape index (κ2) is 7.02. The first-order valence-corrected chi connectivity index (χ1v) is 7.96. The van der Waals surface area contributed by atoms with Crippen LogP contribution in [0.5, 0.6) is 5.75 Å². The Kier molecular flexibility index (Phi) is 4.83. The van der Waals surface area contributed by atoms with Crippen molar-refractivity contribution in [3.63, 3.8) is 0 Å². The lowest BCUT2D eigenvalue weighted by molar-refractivity contribution is -0.127. The highest BCUT2D eigenvalue weighted by Gasteiger charge is 2.16. The lowest BCUT2D eigenvalue weighted by atomic mass is 10.3. The minimum atomic E-state index is -0.604. The topological polar surface area (TPSA) is 68.2 Å². The number of hydrogen-bond acceptors (Lipinski definition) is 4. The number of aromatic nitrogens is 2. The van der Waals surface area contributed by atoms with E-state index in [0.717, 1.165) is 31.0 Å². The van der Waals surface area contributed by atoms with Crippen LogP contribution in [0.25, 0.3) is 0 Å². The van der Waals surface area contributed by atoms with Crippen molar-refractivity contribution in [2.75, 3.05) is 6.54 Å². The summed E-state index contributed by atoms with van der Waals surface area (Å²) in [7, 11) is 0. The SMILES string of the molecule is C[C@@H](Oc1cccc(Cl)c1)C(=O)NCc1cc2n(n1)CCNC2. The summed E-state index contributed by atoms with van der Waals surface area (Å²) in [6.07, 6.45) is -0.604. The molecule has 0 spiro atoms. The highest BCUT2D eigenvalue weighted by atomic mass is 35.5. The van der Waals surface area contributed by atoms with Crippen LogP contribution in [0, 0.1) is 0 Å². The predicted octanol–water partition coefficient (Wildman–Crippen LogP) is 1.72. The van der Waals surface area contributed by atoms with Gasteiger partial charge < -0.3 is 15.4 Å². The average molecular weight is 335 g/mol. The minimum absolute atomic E-state index is 0.186. The van der Waals surface area contributed by atoms with Crippen molar-refractivity contribution in [2.24, 2.45) is 0 Å². The van der Waals surface area contributed by atoms with Crippen LogP contribution in [0.3, 0.4) is 0 Å². The van der Waals surface area contributed by atoms with E-state index in [2.05, 4.69) is 15.7 Å². The van der Waals surface area contributed by atoms with E-state index in [9.17, 15) is 4.79 Å². The van der Waals surface area contributed by atoms with E-state index in [-0.39, 0.29) is 5.91 Å². The van der Waals surface area contributed by atoms with E-state index in [1.165, 1.54) is 0 Å². The van der Waals surface area contributed by atoms with Crippen LogP contribution in [0.2, 0.25) is 5.02 Å². The first-order chi connectivity index (χ1) is 11.1. The Morgan fingerprint density at radius 3 is 3.17 bits per heavy atom. The molecule has 1 aromatic heterocycles. The summed E-state index contributed by atoms with van der Waals surface area (Å²) in [4.78, 5) is 12.1. The number of rotatable bonds is 5. The third-order valence-electron chi connectivity index (χ3n) is 3.64. The molecule has 0 fully saturated rings. The number of nitrogens with zero attached hydrogens (tertiary/aromatic N) is 2. The third kappa shape index (κ3) is 4.03. The molecule has 1 aliphatic heterocycles. The molecule has 0 aliphatic carbocycles. The molecular weight excluding hydrogens is 316 g/mol. The molecule has 2 heterocycles. The molecule has 2 N–H and O–H groups in total. The second-order valence-corrected chi connectivity index (χ2v) is 5.90. The molecule has 7 heteroatoms. The minimum Gasteiger partial charge on any atom is -0.481 e. The van der Waals surface area contributed by atoms with Gasteiger partial charge in [0.05, 0.1) is 24.5 Å². The summed E-state index contributed by atoms with van der Waals surface area (Å²) < 4.78 is 7.57. The lowest BCUT2D eigenvalue weighted by Gasteiger charge is -2.14. The number of ether oxygens (including phenoxy) is 1. The van der Waals surface area contributed by atoms with Crippen LogP contribution in [0.4, 0.5) is 0 Å². The van der Waals surface area contributed by atoms with Crippen molar-refractivity contribution >= 4 is 17.5 Å². The van der Waals surface area contributed by atoms with Gasteiger partial charge in [-0.25, -0.2) is 0 Å². The Bertz CT molecular complexity index is 678. The van der Waals surface area contributed by atoms with Crippen molar-refractivity contribution in [2.45, 2.75) is 32.7 Å². The molecule has 122 valence electrons. The van der Waals surface area contributed by atoms with Gasteiger partial charge in [-0.15, -0.1) is 0 Å². The van der Waals surface area contributed by atoms with Crippen molar-refractivity contribution in [3.05, 3.63) is 46.7 Å². The maximum absolute atomic E-state index is 12.1. The number of carbonyl (C=O) groups excluding carboxylic acids is 1. The summed E-state index contributed by atoms with van der Waals surface area (Å²) in [5, 5.41) is 11.2. The molecule has 6 nitrogen and oxygen atoms in total. The Morgan fingerprint density at radius 1 is 1.52 bits per heavy atom. The van der Waals surface area contributed by atoms with Gasteiger partial charge in [0.2, 0.25) is 0 Å². The largest absolute Gasteiger partial charge is 0.481 e. The van der Waals surface area contributed by atoms with Crippen molar-refractivity contribution in [3.8, 4) is 5.75 Å². The molecule has 0 saturated heterocycles. The predicted molar refractivity (Wildman–Crippen MR) is 87.3 cm³/mol. The molecule has 0 unspecified atom stereocenters. The Hall–Kier alpha value is -2.05. The highest BCUT2D eigenvalue weighted by molar-refractivity contribution is 6.30. The Labute approximate surface area is 139 Å². The van der Waals surface area contributed by atoms with Crippen LogP contribution >= 0.6 is 11.6 Å². The quantitative estimate of drug-likeness (QED) is 0.873. The van der Waals surface area contributed by atoms with Gasteiger partial charge in [0.1, 0.15) is 5.75 Å². The van der Waals surface area contributed by atoms with Crippen LogP contribution in [0.1, 0.15) is 18.3 Å². The summed E-state index contributed by atoms with van der Waals surface area (Å²) in [5.41, 5.74) is 2.00. The highest BCUT2D eigenvalue weighted by Crippen LogP contribution is 2.18. The van der Waals surface area contributed by atoms with Crippen LogP contribution in [-0.2, 0) is 24.4 Å². The molecule has 1 aromatic carbocycles. The first kappa shape index (κ1) is 15.8. The van der Waals surface area contributed by atoms with Gasteiger partial charge in [-0.1, -0.05) is 17.7 Å². The van der Waals surface area contributed by atoms with E-state index < -0.39 is 6.10 Å². The second-order valence-electron chi connectivity index (χ2n) is 5.46. The summed E-state index contributed by atoms with van der Waals surface area (Å²) in [5.74, 6) is 0.387. The van der Waals surface area contributed by atoms with Gasteiger partial charge in [-0.2, -0.15) is 5.10 Å². The standard InChI is InChI=1S/C16H19ClN4O2/c1-11(23-15-4-2-3-12(17)7-15)16(22)19-9-13-8-14-10-18-5-6-21(14)20-13/h2-4,7-8,11,18H,5-6,9-10H2,1H3,(H,19,22)/t11-/m1/s1. The fraction of sp³-hybridized carbons (Fsp3) is 0.375. The molecule has 0 radical (unpaired) electrons. The maximum Gasteiger partial charge on any atom is 0.261 e. The fourth-order valence-corrected chi connectivity index (χ4v) is 2.64. The third-order valence-corrected chi connectivity index (χ3v) is 3.88. The first-order valence-electron chi connectivity index (χ1n) is 7.58. The average Bonchev–Trinajstić information content (AvgIpc) is 2.95. The Morgan fingerprint density at radius 2 is 2.39 bits per heavy atom. The number of fused-ring (bicyclic) bond motifs is 1. The maximum atomic E-state index is 12.1. The number of halogens is 1. The number of carbonyl (C=O) groups is 1. The zero-order valence-electron chi connectivity index (χ0n) is 12.9. The van der Waals surface area contributed by atoms with Gasteiger partial charge in [0.25, 0.3) is 5.91 Å². The van der Waals surface area contributed by atoms with Crippen LogP contribution in [0.15, 0.2) is 30.3 Å². The van der Waals surface area contributed by atoms with E-state index >= 15 is 0 Å². The van der Waals surface area contributed by atoms with Gasteiger partial charge in [-0.3, -0.25) is 9.48 Å². The molecule has 1 aliphatic rings. The monoisotopic (exact) mass is 334 g/mol. The van der Waals surface area contributed by atoms with Crippen molar-refractivity contribution in [1.29, 1.82) is 0 Å². The number of amides is 1. The molecule has 3 rings (SSSR count). The van der Waals surface area contributed by atoms with E-state index in [1.807, 2.05) is 10.7 Å². The summed E-state index contributed by atoms with van der Waals surface area (Å²) in [6.45, 7) is 4.69. The van der Waals surface area contributed by atoms with Crippen molar-refractivity contribution in [1.82, 2.24) is 20.4 Å². The molecular formula is C16H19ClN4O2. The molecule has 1 atom stereocenters. The van der Waals surface area contributed by atoms with Gasteiger partial charge >= 0.3 is 0 Å². The zero-order valence-corrected chi connectivity index (χ0v) is 13.6. The number of benzene rings is 1.